The minimum absolute atomic E-state index is 0.0974. The molecule has 1 N–H and O–H groups in total. The van der Waals surface area contributed by atoms with Crippen LogP contribution in [-0.2, 0) is 19.6 Å². The lowest BCUT2D eigenvalue weighted by Crippen LogP contribution is -2.38. The molecule has 1 aliphatic rings. The van der Waals surface area contributed by atoms with Gasteiger partial charge >= 0.3 is 0 Å². The number of carbonyl (C=O) groups excluding carboxylic acids is 2. The third-order valence-corrected chi connectivity index (χ3v) is 8.31. The van der Waals surface area contributed by atoms with Gasteiger partial charge in [-0.1, -0.05) is 23.8 Å². The molecule has 0 spiro atoms. The van der Waals surface area contributed by atoms with Crippen molar-refractivity contribution in [2.45, 2.75) is 45.4 Å². The van der Waals surface area contributed by atoms with E-state index in [2.05, 4.69) is 5.32 Å². The second kappa shape index (κ2) is 10.1. The van der Waals surface area contributed by atoms with E-state index in [4.69, 9.17) is 0 Å². The number of nitrogens with one attached hydrogen (secondary N) is 1. The van der Waals surface area contributed by atoms with Crippen LogP contribution in [0.1, 0.15) is 35.1 Å². The number of hydrogen-bond donors (Lipinski definition) is 1. The molecule has 0 atom stereocenters. The number of rotatable bonds is 7. The van der Waals surface area contributed by atoms with Gasteiger partial charge in [-0.25, -0.2) is 8.42 Å². The van der Waals surface area contributed by atoms with E-state index in [1.54, 1.807) is 53.4 Å². The summed E-state index contributed by atoms with van der Waals surface area (Å²) >= 11 is 0. The maximum absolute atomic E-state index is 13.6. The van der Waals surface area contributed by atoms with Gasteiger partial charge in [0.1, 0.15) is 6.54 Å². The normalized spacial score (nSPS) is 13.7. The highest BCUT2D eigenvalue weighted by Crippen LogP contribution is 2.29. The van der Waals surface area contributed by atoms with E-state index in [0.29, 0.717) is 24.3 Å². The topological polar surface area (TPSA) is 86.8 Å². The van der Waals surface area contributed by atoms with E-state index >= 15 is 0 Å². The Morgan fingerprint density at radius 3 is 2.25 bits per heavy atom. The predicted octanol–water partition coefficient (Wildman–Crippen LogP) is 4.88. The number of amides is 2. The van der Waals surface area contributed by atoms with Crippen molar-refractivity contribution in [1.82, 2.24) is 0 Å². The quantitative estimate of drug-likeness (QED) is 0.496. The Labute approximate surface area is 212 Å². The Morgan fingerprint density at radius 1 is 0.917 bits per heavy atom. The van der Waals surface area contributed by atoms with Crippen LogP contribution in [0.3, 0.4) is 0 Å². The minimum atomic E-state index is -3.99. The lowest BCUT2D eigenvalue weighted by molar-refractivity contribution is -0.117. The summed E-state index contributed by atoms with van der Waals surface area (Å²) in [5.41, 5.74) is 5.56. The molecule has 36 heavy (non-hydrogen) atoms. The minimum Gasteiger partial charge on any atom is -0.325 e. The first-order valence-corrected chi connectivity index (χ1v) is 13.4. The van der Waals surface area contributed by atoms with Crippen molar-refractivity contribution in [1.29, 1.82) is 0 Å². The number of nitrogens with zero attached hydrogens (tertiary/aromatic N) is 2. The smallest absolute Gasteiger partial charge is 0.264 e. The zero-order chi connectivity index (χ0) is 26.0. The standard InChI is InChI=1S/C28H31N3O4S/c1-19-7-12-25(13-8-19)36(34,35)31(24-11-9-20(2)21(3)17-24)18-27(32)29-23-10-14-26(22(4)16-23)30-15-5-6-28(30)33/h7-14,16-17H,5-6,15,18H2,1-4H3,(H,29,32). The molecule has 0 saturated carbocycles. The van der Waals surface area contributed by atoms with Gasteiger partial charge in [0.15, 0.2) is 0 Å². The Morgan fingerprint density at radius 2 is 1.64 bits per heavy atom. The first kappa shape index (κ1) is 25.4. The van der Waals surface area contributed by atoms with Gasteiger partial charge in [0, 0.05) is 24.3 Å². The molecule has 0 aliphatic carbocycles. The van der Waals surface area contributed by atoms with Crippen LogP contribution in [0, 0.1) is 27.7 Å². The van der Waals surface area contributed by atoms with E-state index in [1.165, 1.54) is 0 Å². The molecule has 0 aromatic heterocycles. The van der Waals surface area contributed by atoms with E-state index in [9.17, 15) is 18.0 Å². The van der Waals surface area contributed by atoms with E-state index in [0.717, 1.165) is 38.7 Å². The van der Waals surface area contributed by atoms with Crippen molar-refractivity contribution in [2.75, 3.05) is 27.6 Å². The molecule has 1 fully saturated rings. The Hall–Kier alpha value is -3.65. The van der Waals surface area contributed by atoms with Gasteiger partial charge in [-0.05, 0) is 93.3 Å². The molecule has 188 valence electrons. The molecule has 8 heteroatoms. The lowest BCUT2D eigenvalue weighted by atomic mass is 10.1. The van der Waals surface area contributed by atoms with Crippen molar-refractivity contribution in [3.63, 3.8) is 0 Å². The van der Waals surface area contributed by atoms with E-state index in [-0.39, 0.29) is 17.3 Å². The average molecular weight is 506 g/mol. The van der Waals surface area contributed by atoms with Crippen LogP contribution >= 0.6 is 0 Å². The van der Waals surface area contributed by atoms with Crippen LogP contribution in [0.2, 0.25) is 0 Å². The second-order valence-electron chi connectivity index (χ2n) is 9.29. The zero-order valence-corrected chi connectivity index (χ0v) is 21.9. The molecule has 1 saturated heterocycles. The third-order valence-electron chi connectivity index (χ3n) is 6.52. The van der Waals surface area contributed by atoms with Crippen LogP contribution < -0.4 is 14.5 Å². The number of benzene rings is 3. The number of sulfonamides is 1. The van der Waals surface area contributed by atoms with Crippen molar-refractivity contribution in [3.8, 4) is 0 Å². The first-order chi connectivity index (χ1) is 17.1. The summed E-state index contributed by atoms with van der Waals surface area (Å²) in [4.78, 5) is 27.1. The van der Waals surface area contributed by atoms with Crippen LogP contribution in [-0.4, -0.2) is 33.3 Å². The number of anilines is 3. The highest BCUT2D eigenvalue weighted by molar-refractivity contribution is 7.92. The fraction of sp³-hybridized carbons (Fsp3) is 0.286. The highest BCUT2D eigenvalue weighted by Gasteiger charge is 2.28. The van der Waals surface area contributed by atoms with Crippen LogP contribution in [0.15, 0.2) is 65.6 Å². The fourth-order valence-corrected chi connectivity index (χ4v) is 5.72. The summed E-state index contributed by atoms with van der Waals surface area (Å²) in [7, 11) is -3.99. The highest BCUT2D eigenvalue weighted by atomic mass is 32.2. The number of hydrogen-bond acceptors (Lipinski definition) is 4. The lowest BCUT2D eigenvalue weighted by Gasteiger charge is -2.25. The summed E-state index contributed by atoms with van der Waals surface area (Å²) in [6.07, 6.45) is 1.38. The van der Waals surface area contributed by atoms with Gasteiger partial charge in [0.2, 0.25) is 11.8 Å². The van der Waals surface area contributed by atoms with E-state index < -0.39 is 15.9 Å². The molecular formula is C28H31N3O4S. The van der Waals surface area contributed by atoms with Crippen molar-refractivity contribution < 1.29 is 18.0 Å². The predicted molar refractivity (Wildman–Crippen MR) is 143 cm³/mol. The molecule has 3 aromatic carbocycles. The molecule has 1 heterocycles. The van der Waals surface area contributed by atoms with Crippen molar-refractivity contribution >= 4 is 38.9 Å². The van der Waals surface area contributed by atoms with Gasteiger partial charge in [-0.2, -0.15) is 0 Å². The summed E-state index contributed by atoms with van der Waals surface area (Å²) in [6, 6.07) is 17.3. The van der Waals surface area contributed by atoms with Crippen molar-refractivity contribution in [3.05, 3.63) is 82.9 Å². The fourth-order valence-electron chi connectivity index (χ4n) is 4.30. The third kappa shape index (κ3) is 5.28. The molecule has 0 unspecified atom stereocenters. The summed E-state index contributed by atoms with van der Waals surface area (Å²) < 4.78 is 28.4. The Kier molecular flexibility index (Phi) is 7.17. The van der Waals surface area contributed by atoms with Gasteiger partial charge in [0.25, 0.3) is 10.0 Å². The first-order valence-electron chi connectivity index (χ1n) is 11.9. The van der Waals surface area contributed by atoms with Crippen LogP contribution in [0.25, 0.3) is 0 Å². The molecule has 1 aliphatic heterocycles. The summed E-state index contributed by atoms with van der Waals surface area (Å²) in [6.45, 7) is 7.94. The number of aryl methyl sites for hydroxylation is 4. The Balaban J connectivity index is 1.60. The van der Waals surface area contributed by atoms with Gasteiger partial charge < -0.3 is 10.2 Å². The molecule has 4 rings (SSSR count). The number of carbonyl (C=O) groups is 2. The van der Waals surface area contributed by atoms with Crippen LogP contribution in [0.4, 0.5) is 17.1 Å². The molecule has 0 radical (unpaired) electrons. The average Bonchev–Trinajstić information content (AvgIpc) is 3.25. The van der Waals surface area contributed by atoms with Gasteiger partial charge in [-0.3, -0.25) is 13.9 Å². The molecular weight excluding hydrogens is 474 g/mol. The summed E-state index contributed by atoms with van der Waals surface area (Å²) in [5.74, 6) is -0.367. The van der Waals surface area contributed by atoms with Crippen LogP contribution in [0.5, 0.6) is 0 Å². The molecule has 0 bridgehead atoms. The van der Waals surface area contributed by atoms with Gasteiger partial charge in [-0.15, -0.1) is 0 Å². The van der Waals surface area contributed by atoms with E-state index in [1.807, 2.05) is 39.8 Å². The molecule has 2 amide bonds. The molecule has 7 nitrogen and oxygen atoms in total. The Bertz CT molecular complexity index is 1420. The maximum atomic E-state index is 13.6. The molecule has 3 aromatic rings. The maximum Gasteiger partial charge on any atom is 0.264 e. The van der Waals surface area contributed by atoms with Crippen molar-refractivity contribution in [2.24, 2.45) is 0 Å². The second-order valence-corrected chi connectivity index (χ2v) is 11.2. The SMILES string of the molecule is Cc1ccc(S(=O)(=O)N(CC(=O)Nc2ccc(N3CCCC3=O)c(C)c2)c2ccc(C)c(C)c2)cc1. The monoisotopic (exact) mass is 505 g/mol. The zero-order valence-electron chi connectivity index (χ0n) is 21.0. The summed E-state index contributed by atoms with van der Waals surface area (Å²) in [5, 5.41) is 2.82. The largest absolute Gasteiger partial charge is 0.325 e. The van der Waals surface area contributed by atoms with Gasteiger partial charge in [0.05, 0.1) is 10.6 Å².